The topological polar surface area (TPSA) is 49.7 Å². The molecule has 0 radical (unpaired) electrons. The van der Waals surface area contributed by atoms with Gasteiger partial charge in [-0.1, -0.05) is 0 Å². The number of phenolic OH excluding ortho intramolecular Hbond substituents is 1. The fraction of sp³-hybridized carbons (Fsp3) is 0.625. The van der Waals surface area contributed by atoms with E-state index in [1.54, 1.807) is 0 Å². The first-order valence-electron chi connectivity index (χ1n) is 7.11. The predicted octanol–water partition coefficient (Wildman–Crippen LogP) is 2.78. The van der Waals surface area contributed by atoms with Gasteiger partial charge in [0.25, 0.3) is 0 Å². The van der Waals surface area contributed by atoms with Crippen LogP contribution in [0.5, 0.6) is 11.5 Å². The van der Waals surface area contributed by atoms with Crippen molar-refractivity contribution >= 4 is 0 Å². The summed E-state index contributed by atoms with van der Waals surface area (Å²) >= 11 is 0. The fourth-order valence-electron chi connectivity index (χ4n) is 3.54. The van der Waals surface area contributed by atoms with Crippen molar-refractivity contribution in [3.63, 3.8) is 0 Å². The van der Waals surface area contributed by atoms with Gasteiger partial charge in [-0.3, -0.25) is 0 Å². The number of fused-ring (bicyclic) bond motifs is 1. The van der Waals surface area contributed by atoms with Crippen molar-refractivity contribution in [1.82, 2.24) is 0 Å². The highest BCUT2D eigenvalue weighted by molar-refractivity contribution is 5.58. The number of rotatable bonds is 1. The van der Waals surface area contributed by atoms with E-state index in [9.17, 15) is 10.2 Å². The first kappa shape index (κ1) is 12.8. The Morgan fingerprint density at radius 3 is 2.37 bits per heavy atom. The van der Waals surface area contributed by atoms with E-state index >= 15 is 0 Å². The Bertz CT molecular complexity index is 530. The van der Waals surface area contributed by atoms with E-state index in [0.29, 0.717) is 5.75 Å². The third-order valence-electron chi connectivity index (χ3n) is 5.26. The maximum Gasteiger partial charge on any atom is 0.127 e. The van der Waals surface area contributed by atoms with Crippen LogP contribution in [0.4, 0.5) is 0 Å². The molecule has 1 heterocycles. The molecule has 1 saturated carbocycles. The zero-order valence-corrected chi connectivity index (χ0v) is 11.9. The normalized spacial score (nSPS) is 23.7. The summed E-state index contributed by atoms with van der Waals surface area (Å²) in [5.41, 5.74) is 3.79. The summed E-state index contributed by atoms with van der Waals surface area (Å²) in [6.07, 6.45) is 4.07. The third kappa shape index (κ3) is 1.61. The van der Waals surface area contributed by atoms with Crippen LogP contribution in [0.25, 0.3) is 0 Å². The van der Waals surface area contributed by atoms with Crippen molar-refractivity contribution in [3.8, 4) is 11.5 Å². The molecule has 0 amide bonds. The van der Waals surface area contributed by atoms with Gasteiger partial charge in [0.05, 0.1) is 6.61 Å². The van der Waals surface area contributed by atoms with Crippen molar-refractivity contribution in [2.75, 3.05) is 6.61 Å². The molecule has 3 heteroatoms. The lowest BCUT2D eigenvalue weighted by molar-refractivity contribution is -0.0875. The zero-order chi connectivity index (χ0) is 13.8. The summed E-state index contributed by atoms with van der Waals surface area (Å²) in [7, 11) is 0. The molecule has 3 rings (SSSR count). The standard InChI is InChI=1S/C16H22O3/c1-9-10(2)15-13(11(3)14(9)18)7-12(8-17)16(19-15)5-4-6-16/h12,17-18H,4-8H2,1-3H3. The molecule has 1 unspecified atom stereocenters. The van der Waals surface area contributed by atoms with Crippen LogP contribution < -0.4 is 4.74 Å². The van der Waals surface area contributed by atoms with Crippen molar-refractivity contribution in [1.29, 1.82) is 0 Å². The average Bonchev–Trinajstić information content (AvgIpc) is 2.39. The van der Waals surface area contributed by atoms with Gasteiger partial charge >= 0.3 is 0 Å². The third-order valence-corrected chi connectivity index (χ3v) is 5.26. The lowest BCUT2D eigenvalue weighted by Crippen LogP contribution is -2.54. The van der Waals surface area contributed by atoms with Crippen LogP contribution >= 0.6 is 0 Å². The van der Waals surface area contributed by atoms with Gasteiger partial charge in [-0.25, -0.2) is 0 Å². The van der Waals surface area contributed by atoms with Gasteiger partial charge in [0.15, 0.2) is 0 Å². The molecule has 104 valence electrons. The Hall–Kier alpha value is -1.22. The smallest absolute Gasteiger partial charge is 0.127 e. The van der Waals surface area contributed by atoms with Crippen LogP contribution in [-0.2, 0) is 6.42 Å². The van der Waals surface area contributed by atoms with Gasteiger partial charge in [0.2, 0.25) is 0 Å². The van der Waals surface area contributed by atoms with Gasteiger partial charge in [-0.05, 0) is 63.1 Å². The minimum absolute atomic E-state index is 0.150. The van der Waals surface area contributed by atoms with Crippen LogP contribution in [0.15, 0.2) is 0 Å². The quantitative estimate of drug-likeness (QED) is 0.818. The van der Waals surface area contributed by atoms with Gasteiger partial charge in [-0.2, -0.15) is 0 Å². The molecule has 0 saturated heterocycles. The molecule has 19 heavy (non-hydrogen) atoms. The van der Waals surface area contributed by atoms with E-state index in [0.717, 1.165) is 47.3 Å². The van der Waals surface area contributed by atoms with E-state index in [1.165, 1.54) is 6.42 Å². The molecular formula is C16H22O3. The highest BCUT2D eigenvalue weighted by Crippen LogP contribution is 2.51. The number of aromatic hydroxyl groups is 1. The second kappa shape index (κ2) is 4.14. The first-order valence-corrected chi connectivity index (χ1v) is 7.11. The van der Waals surface area contributed by atoms with E-state index in [1.807, 2.05) is 20.8 Å². The van der Waals surface area contributed by atoms with Crippen molar-refractivity contribution in [2.45, 2.75) is 52.1 Å². The highest BCUT2D eigenvalue weighted by Gasteiger charge is 2.49. The number of hydrogen-bond acceptors (Lipinski definition) is 3. The number of ether oxygens (including phenoxy) is 1. The lowest BCUT2D eigenvalue weighted by Gasteiger charge is -2.51. The number of aliphatic hydroxyl groups excluding tert-OH is 1. The average molecular weight is 262 g/mol. The fourth-order valence-corrected chi connectivity index (χ4v) is 3.54. The van der Waals surface area contributed by atoms with Crippen LogP contribution in [0, 0.1) is 26.7 Å². The van der Waals surface area contributed by atoms with Crippen molar-refractivity contribution in [2.24, 2.45) is 5.92 Å². The largest absolute Gasteiger partial charge is 0.507 e. The molecule has 2 N–H and O–H groups in total. The maximum atomic E-state index is 10.2. The minimum Gasteiger partial charge on any atom is -0.507 e. The van der Waals surface area contributed by atoms with Crippen molar-refractivity contribution < 1.29 is 14.9 Å². The van der Waals surface area contributed by atoms with Gasteiger partial charge < -0.3 is 14.9 Å². The summed E-state index contributed by atoms with van der Waals surface area (Å²) in [5.74, 6) is 1.49. The van der Waals surface area contributed by atoms with E-state index < -0.39 is 0 Å². The summed E-state index contributed by atoms with van der Waals surface area (Å²) in [5, 5.41) is 19.8. The molecular weight excluding hydrogens is 240 g/mol. The Morgan fingerprint density at radius 2 is 1.84 bits per heavy atom. The molecule has 1 aliphatic carbocycles. The zero-order valence-electron chi connectivity index (χ0n) is 11.9. The number of phenols is 1. The van der Waals surface area contributed by atoms with E-state index in [-0.39, 0.29) is 18.1 Å². The van der Waals surface area contributed by atoms with E-state index in [4.69, 9.17) is 4.74 Å². The van der Waals surface area contributed by atoms with E-state index in [2.05, 4.69) is 0 Å². The van der Waals surface area contributed by atoms with Gasteiger partial charge in [-0.15, -0.1) is 0 Å². The summed E-state index contributed by atoms with van der Waals surface area (Å²) in [4.78, 5) is 0. The second-order valence-electron chi connectivity index (χ2n) is 6.14. The van der Waals surface area contributed by atoms with Crippen LogP contribution in [0.2, 0.25) is 0 Å². The lowest BCUT2D eigenvalue weighted by atomic mass is 9.67. The molecule has 1 aromatic rings. The van der Waals surface area contributed by atoms with Crippen LogP contribution in [0.3, 0.4) is 0 Å². The van der Waals surface area contributed by atoms with Crippen LogP contribution in [-0.4, -0.2) is 22.4 Å². The summed E-state index contributed by atoms with van der Waals surface area (Å²) in [6, 6.07) is 0. The Kier molecular flexibility index (Phi) is 2.79. The van der Waals surface area contributed by atoms with Crippen LogP contribution in [0.1, 0.15) is 41.5 Å². The molecule has 1 aliphatic heterocycles. The summed E-state index contributed by atoms with van der Waals surface area (Å²) in [6.45, 7) is 6.05. The van der Waals surface area contributed by atoms with Crippen molar-refractivity contribution in [3.05, 3.63) is 22.3 Å². The molecule has 0 bridgehead atoms. The molecule has 1 atom stereocenters. The highest BCUT2D eigenvalue weighted by atomic mass is 16.5. The molecule has 1 fully saturated rings. The Balaban J connectivity index is 2.14. The molecule has 0 aromatic heterocycles. The molecule has 1 aromatic carbocycles. The maximum absolute atomic E-state index is 10.2. The molecule has 2 aliphatic rings. The Labute approximate surface area is 114 Å². The minimum atomic E-state index is -0.150. The molecule has 1 spiro atoms. The number of aliphatic hydroxyl groups is 1. The molecule has 3 nitrogen and oxygen atoms in total. The first-order chi connectivity index (χ1) is 9.00. The van der Waals surface area contributed by atoms with Gasteiger partial charge in [0, 0.05) is 11.5 Å². The SMILES string of the molecule is Cc1c(C)c2c(c(C)c1O)CC(CO)C1(CCC1)O2. The monoisotopic (exact) mass is 262 g/mol. The number of hydrogen-bond donors (Lipinski definition) is 2. The summed E-state index contributed by atoms with van der Waals surface area (Å²) < 4.78 is 6.34. The Morgan fingerprint density at radius 1 is 1.16 bits per heavy atom. The van der Waals surface area contributed by atoms with Gasteiger partial charge in [0.1, 0.15) is 17.1 Å². The number of benzene rings is 1. The predicted molar refractivity (Wildman–Crippen MR) is 73.8 cm³/mol. The second-order valence-corrected chi connectivity index (χ2v) is 6.14.